The summed E-state index contributed by atoms with van der Waals surface area (Å²) in [4.78, 5) is 14.1. The number of esters is 1. The topological polar surface area (TPSA) is 75.5 Å². The molecule has 7 heteroatoms. The number of ether oxygens (including phenoxy) is 1. The first-order chi connectivity index (χ1) is 11.0. The first-order valence-corrected chi connectivity index (χ1v) is 7.41. The van der Waals surface area contributed by atoms with Crippen LogP contribution < -0.4 is 4.90 Å². The molecule has 2 heterocycles. The van der Waals surface area contributed by atoms with Gasteiger partial charge in [-0.25, -0.2) is 9.31 Å². The van der Waals surface area contributed by atoms with E-state index in [1.165, 1.54) is 0 Å². The van der Waals surface area contributed by atoms with Gasteiger partial charge >= 0.3 is 5.97 Å². The lowest BCUT2D eigenvalue weighted by Gasteiger charge is -2.12. The number of nitrogens with one attached hydrogen (secondary N) is 1. The number of aromatic nitrogens is 4. The average Bonchev–Trinajstić information content (AvgIpc) is 3.05. The summed E-state index contributed by atoms with van der Waals surface area (Å²) in [5.41, 5.74) is 3.63. The van der Waals surface area contributed by atoms with Crippen molar-refractivity contribution in [3.05, 3.63) is 35.5 Å². The Kier molecular flexibility index (Phi) is 3.77. The number of aromatic amines is 1. The van der Waals surface area contributed by atoms with Crippen LogP contribution in [-0.2, 0) is 4.74 Å². The lowest BCUT2D eigenvalue weighted by Crippen LogP contribution is -2.08. The van der Waals surface area contributed by atoms with Crippen molar-refractivity contribution in [2.45, 2.75) is 13.8 Å². The summed E-state index contributed by atoms with van der Waals surface area (Å²) in [6.45, 7) is 3.92. The Labute approximate surface area is 133 Å². The van der Waals surface area contributed by atoms with E-state index in [1.54, 1.807) is 11.4 Å². The Morgan fingerprint density at radius 2 is 1.96 bits per heavy atom. The van der Waals surface area contributed by atoms with Gasteiger partial charge in [-0.2, -0.15) is 0 Å². The lowest BCUT2D eigenvalue weighted by molar-refractivity contribution is 0.0527. The molecule has 120 valence electrons. The highest BCUT2D eigenvalue weighted by Gasteiger charge is 2.22. The third-order valence-electron chi connectivity index (χ3n) is 3.66. The molecule has 3 aromatic rings. The second-order valence-electron chi connectivity index (χ2n) is 5.46. The van der Waals surface area contributed by atoms with Crippen molar-refractivity contribution in [3.8, 4) is 11.4 Å². The SMILES string of the molecule is CCOC(=O)c1c(C)[nH]n2c(-c3ccc(N(C)C)cc3)nnc12. The van der Waals surface area contributed by atoms with E-state index < -0.39 is 5.97 Å². The highest BCUT2D eigenvalue weighted by Crippen LogP contribution is 2.24. The molecule has 23 heavy (non-hydrogen) atoms. The fraction of sp³-hybridized carbons (Fsp3) is 0.312. The number of benzene rings is 1. The molecule has 0 amide bonds. The maximum Gasteiger partial charge on any atom is 0.343 e. The molecule has 0 spiro atoms. The maximum atomic E-state index is 12.1. The van der Waals surface area contributed by atoms with Crippen LogP contribution in [0.1, 0.15) is 23.0 Å². The third kappa shape index (κ3) is 2.54. The van der Waals surface area contributed by atoms with E-state index in [4.69, 9.17) is 4.74 Å². The molecule has 7 nitrogen and oxygen atoms in total. The Bertz CT molecular complexity index is 845. The van der Waals surface area contributed by atoms with E-state index in [2.05, 4.69) is 15.3 Å². The number of aryl methyl sites for hydroxylation is 1. The first kappa shape index (κ1) is 15.1. The molecule has 0 fully saturated rings. The van der Waals surface area contributed by atoms with Gasteiger partial charge in [0, 0.05) is 31.0 Å². The summed E-state index contributed by atoms with van der Waals surface area (Å²) < 4.78 is 6.80. The number of anilines is 1. The smallest absolute Gasteiger partial charge is 0.343 e. The van der Waals surface area contributed by atoms with Gasteiger partial charge in [-0.15, -0.1) is 10.2 Å². The Morgan fingerprint density at radius 1 is 1.26 bits per heavy atom. The van der Waals surface area contributed by atoms with Gasteiger partial charge in [0.25, 0.3) is 0 Å². The normalized spacial score (nSPS) is 11.0. The van der Waals surface area contributed by atoms with Crippen molar-refractivity contribution < 1.29 is 9.53 Å². The van der Waals surface area contributed by atoms with Crippen LogP contribution in [0.4, 0.5) is 5.69 Å². The second kappa shape index (κ2) is 5.75. The molecule has 1 aromatic carbocycles. The zero-order valence-corrected chi connectivity index (χ0v) is 13.6. The molecule has 1 N–H and O–H groups in total. The molecule has 3 rings (SSSR count). The molecule has 0 unspecified atom stereocenters. The Hall–Kier alpha value is -2.83. The quantitative estimate of drug-likeness (QED) is 0.748. The predicted octanol–water partition coefficient (Wildman–Crippen LogP) is 2.28. The van der Waals surface area contributed by atoms with Crippen molar-refractivity contribution in [2.75, 3.05) is 25.6 Å². The minimum Gasteiger partial charge on any atom is -0.462 e. The molecular formula is C16H19N5O2. The highest BCUT2D eigenvalue weighted by atomic mass is 16.5. The van der Waals surface area contributed by atoms with Gasteiger partial charge in [0.15, 0.2) is 11.5 Å². The summed E-state index contributed by atoms with van der Waals surface area (Å²) in [7, 11) is 3.98. The van der Waals surface area contributed by atoms with Gasteiger partial charge in [0.2, 0.25) is 0 Å². The zero-order chi connectivity index (χ0) is 16.6. The van der Waals surface area contributed by atoms with Crippen molar-refractivity contribution >= 4 is 17.3 Å². The zero-order valence-electron chi connectivity index (χ0n) is 13.6. The number of hydrogen-bond acceptors (Lipinski definition) is 5. The van der Waals surface area contributed by atoms with Crippen LogP contribution in [0.15, 0.2) is 24.3 Å². The van der Waals surface area contributed by atoms with Crippen LogP contribution in [0.2, 0.25) is 0 Å². The molecule has 0 bridgehead atoms. The van der Waals surface area contributed by atoms with E-state index in [9.17, 15) is 4.79 Å². The van der Waals surface area contributed by atoms with Crippen LogP contribution in [0.3, 0.4) is 0 Å². The molecule has 0 aliphatic rings. The number of fused-ring (bicyclic) bond motifs is 1. The van der Waals surface area contributed by atoms with E-state index >= 15 is 0 Å². The van der Waals surface area contributed by atoms with E-state index in [0.717, 1.165) is 11.3 Å². The number of hydrogen-bond donors (Lipinski definition) is 1. The number of carbonyl (C=O) groups is 1. The number of nitrogens with zero attached hydrogens (tertiary/aromatic N) is 4. The van der Waals surface area contributed by atoms with Crippen LogP contribution in [0.5, 0.6) is 0 Å². The van der Waals surface area contributed by atoms with Crippen molar-refractivity contribution in [2.24, 2.45) is 0 Å². The summed E-state index contributed by atoms with van der Waals surface area (Å²) in [6, 6.07) is 7.98. The summed E-state index contributed by atoms with van der Waals surface area (Å²) in [5.74, 6) is 0.266. The molecule has 2 aromatic heterocycles. The number of rotatable bonds is 4. The van der Waals surface area contributed by atoms with Crippen molar-refractivity contribution in [3.63, 3.8) is 0 Å². The second-order valence-corrected chi connectivity index (χ2v) is 5.46. The highest BCUT2D eigenvalue weighted by molar-refractivity contribution is 5.97. The molecule has 0 atom stereocenters. The molecule has 0 saturated heterocycles. The van der Waals surface area contributed by atoms with Gasteiger partial charge in [0.05, 0.1) is 6.61 Å². The van der Waals surface area contributed by atoms with E-state index in [0.29, 0.717) is 29.3 Å². The van der Waals surface area contributed by atoms with Gasteiger partial charge in [0.1, 0.15) is 5.56 Å². The van der Waals surface area contributed by atoms with Gasteiger partial charge in [-0.3, -0.25) is 5.10 Å². The average molecular weight is 313 g/mol. The molecular weight excluding hydrogens is 294 g/mol. The van der Waals surface area contributed by atoms with Crippen LogP contribution in [0, 0.1) is 6.92 Å². The van der Waals surface area contributed by atoms with Crippen LogP contribution >= 0.6 is 0 Å². The maximum absolute atomic E-state index is 12.1. The fourth-order valence-corrected chi connectivity index (χ4v) is 2.49. The lowest BCUT2D eigenvalue weighted by atomic mass is 10.2. The van der Waals surface area contributed by atoms with Gasteiger partial charge < -0.3 is 9.64 Å². The van der Waals surface area contributed by atoms with E-state index in [1.807, 2.05) is 50.2 Å². The summed E-state index contributed by atoms with van der Waals surface area (Å²) in [6.07, 6.45) is 0. The predicted molar refractivity (Wildman–Crippen MR) is 87.8 cm³/mol. The molecule has 0 aliphatic heterocycles. The monoisotopic (exact) mass is 313 g/mol. The third-order valence-corrected chi connectivity index (χ3v) is 3.66. The Balaban J connectivity index is 2.06. The largest absolute Gasteiger partial charge is 0.462 e. The standard InChI is InChI=1S/C16H19N5O2/c1-5-23-16(22)13-10(2)19-21-14(17-18-15(13)21)11-6-8-12(9-7-11)20(3)4/h6-9,19H,5H2,1-4H3. The minimum atomic E-state index is -0.391. The molecule has 0 radical (unpaired) electrons. The molecule has 0 aliphatic carbocycles. The number of carbonyl (C=O) groups excluding carboxylic acids is 1. The van der Waals surface area contributed by atoms with Crippen molar-refractivity contribution in [1.29, 1.82) is 0 Å². The van der Waals surface area contributed by atoms with Gasteiger partial charge in [-0.1, -0.05) is 0 Å². The van der Waals surface area contributed by atoms with E-state index in [-0.39, 0.29) is 0 Å². The first-order valence-electron chi connectivity index (χ1n) is 7.41. The fourth-order valence-electron chi connectivity index (χ4n) is 2.49. The minimum absolute atomic E-state index is 0.322. The Morgan fingerprint density at radius 3 is 2.57 bits per heavy atom. The van der Waals surface area contributed by atoms with Crippen LogP contribution in [0.25, 0.3) is 17.0 Å². The van der Waals surface area contributed by atoms with Gasteiger partial charge in [-0.05, 0) is 38.1 Å². The summed E-state index contributed by atoms with van der Waals surface area (Å²) in [5, 5.41) is 11.5. The summed E-state index contributed by atoms with van der Waals surface area (Å²) >= 11 is 0. The number of H-pyrrole nitrogens is 1. The molecule has 0 saturated carbocycles. The van der Waals surface area contributed by atoms with Crippen molar-refractivity contribution in [1.82, 2.24) is 19.8 Å². The van der Waals surface area contributed by atoms with Crippen LogP contribution in [-0.4, -0.2) is 46.5 Å².